The Hall–Kier alpha value is -2.64. The molecule has 1 N–H and O–H groups in total. The van der Waals surface area contributed by atoms with E-state index in [-0.39, 0.29) is 17.4 Å². The zero-order chi connectivity index (χ0) is 18.8. The first-order valence-corrected chi connectivity index (χ1v) is 7.73. The molecule has 134 valence electrons. The van der Waals surface area contributed by atoms with Crippen molar-refractivity contribution in [1.82, 2.24) is 15.1 Å². The number of nitrogens with one attached hydrogen (secondary N) is 1. The highest BCUT2D eigenvalue weighted by atomic mass is 19.4. The fraction of sp³-hybridized carbons (Fsp3) is 0.353. The van der Waals surface area contributed by atoms with Crippen LogP contribution in [0.4, 0.5) is 13.2 Å². The van der Waals surface area contributed by atoms with E-state index in [0.717, 1.165) is 16.8 Å². The van der Waals surface area contributed by atoms with Crippen molar-refractivity contribution in [1.29, 1.82) is 0 Å². The molecule has 1 aromatic carbocycles. The summed E-state index contributed by atoms with van der Waals surface area (Å²) in [6, 6.07) is 5.78. The van der Waals surface area contributed by atoms with Crippen molar-refractivity contribution >= 4 is 5.91 Å². The van der Waals surface area contributed by atoms with Crippen LogP contribution in [0.5, 0.6) is 0 Å². The molecule has 0 bridgehead atoms. The first kappa shape index (κ1) is 18.7. The molecule has 0 saturated heterocycles. The van der Waals surface area contributed by atoms with Crippen LogP contribution in [0.1, 0.15) is 42.0 Å². The molecule has 0 aliphatic carbocycles. The second kappa shape index (κ2) is 7.08. The third-order valence-electron chi connectivity index (χ3n) is 3.75. The Morgan fingerprint density at radius 1 is 1.32 bits per heavy atom. The van der Waals surface area contributed by atoms with Crippen molar-refractivity contribution in [2.45, 2.75) is 39.4 Å². The van der Waals surface area contributed by atoms with Gasteiger partial charge in [-0.25, -0.2) is 4.68 Å². The highest BCUT2D eigenvalue weighted by Gasteiger charge is 2.34. The normalized spacial score (nSPS) is 12.7. The molecular weight excluding hydrogens is 335 g/mol. The van der Waals surface area contributed by atoms with Crippen LogP contribution in [0.2, 0.25) is 0 Å². The van der Waals surface area contributed by atoms with E-state index in [4.69, 9.17) is 0 Å². The topological polar surface area (TPSA) is 64.0 Å². The van der Waals surface area contributed by atoms with Gasteiger partial charge in [-0.15, -0.1) is 0 Å². The van der Waals surface area contributed by atoms with Crippen LogP contribution in [0, 0.1) is 6.92 Å². The third kappa shape index (κ3) is 4.07. The number of carbonyl (C=O) groups excluding carboxylic acids is 1. The Morgan fingerprint density at radius 3 is 2.56 bits per heavy atom. The van der Waals surface area contributed by atoms with Crippen LogP contribution < -0.4 is 10.7 Å². The third-order valence-corrected chi connectivity index (χ3v) is 3.75. The van der Waals surface area contributed by atoms with Gasteiger partial charge in [0.25, 0.3) is 5.91 Å². The number of para-hydroxylation sites is 1. The van der Waals surface area contributed by atoms with Gasteiger partial charge in [0.05, 0.1) is 11.3 Å². The number of halogens is 3. The molecule has 0 fully saturated rings. The van der Waals surface area contributed by atoms with E-state index in [1.807, 2.05) is 6.92 Å². The van der Waals surface area contributed by atoms with Gasteiger partial charge in [-0.3, -0.25) is 9.59 Å². The summed E-state index contributed by atoms with van der Waals surface area (Å²) in [5.41, 5.74) is -2.03. The molecule has 0 radical (unpaired) electrons. The molecule has 1 heterocycles. The molecule has 8 heteroatoms. The maximum Gasteiger partial charge on any atom is 0.418 e. The number of hydrogen-bond donors (Lipinski definition) is 1. The molecule has 1 amide bonds. The van der Waals surface area contributed by atoms with Crippen molar-refractivity contribution in [3.05, 3.63) is 57.5 Å². The van der Waals surface area contributed by atoms with Crippen LogP contribution in [-0.4, -0.2) is 21.7 Å². The summed E-state index contributed by atoms with van der Waals surface area (Å²) >= 11 is 0. The molecule has 25 heavy (non-hydrogen) atoms. The largest absolute Gasteiger partial charge is 0.418 e. The molecule has 1 aromatic heterocycles. The van der Waals surface area contributed by atoms with Crippen molar-refractivity contribution in [3.63, 3.8) is 0 Å². The minimum atomic E-state index is -4.59. The number of aromatic nitrogens is 2. The van der Waals surface area contributed by atoms with Gasteiger partial charge in [0.1, 0.15) is 0 Å². The summed E-state index contributed by atoms with van der Waals surface area (Å²) in [5, 5.41) is 6.49. The highest BCUT2D eigenvalue weighted by molar-refractivity contribution is 5.92. The molecule has 0 saturated carbocycles. The van der Waals surface area contributed by atoms with E-state index in [0.29, 0.717) is 6.42 Å². The number of alkyl halides is 3. The van der Waals surface area contributed by atoms with Gasteiger partial charge < -0.3 is 5.32 Å². The molecule has 1 unspecified atom stereocenters. The second-order valence-corrected chi connectivity index (χ2v) is 5.71. The predicted octanol–water partition coefficient (Wildman–Crippen LogP) is 3.09. The zero-order valence-electron chi connectivity index (χ0n) is 14.0. The smallest absolute Gasteiger partial charge is 0.348 e. The van der Waals surface area contributed by atoms with E-state index >= 15 is 0 Å². The monoisotopic (exact) mass is 353 g/mol. The Labute approximate surface area is 142 Å². The van der Waals surface area contributed by atoms with Crippen LogP contribution in [0.15, 0.2) is 35.1 Å². The molecule has 0 aliphatic rings. The van der Waals surface area contributed by atoms with E-state index in [1.54, 1.807) is 6.92 Å². The van der Waals surface area contributed by atoms with Crippen LogP contribution >= 0.6 is 0 Å². The van der Waals surface area contributed by atoms with Crippen molar-refractivity contribution in [3.8, 4) is 5.69 Å². The lowest BCUT2D eigenvalue weighted by molar-refractivity contribution is -0.137. The average Bonchev–Trinajstić information content (AvgIpc) is 2.53. The summed E-state index contributed by atoms with van der Waals surface area (Å²) in [4.78, 5) is 24.3. The average molecular weight is 353 g/mol. The van der Waals surface area contributed by atoms with E-state index in [1.165, 1.54) is 25.1 Å². The maximum atomic E-state index is 13.2. The van der Waals surface area contributed by atoms with Gasteiger partial charge in [0.2, 0.25) is 5.43 Å². The van der Waals surface area contributed by atoms with E-state index in [9.17, 15) is 22.8 Å². The fourth-order valence-electron chi connectivity index (χ4n) is 2.24. The second-order valence-electron chi connectivity index (χ2n) is 5.71. The summed E-state index contributed by atoms with van der Waals surface area (Å²) in [5.74, 6) is -0.711. The number of carbonyl (C=O) groups is 1. The number of rotatable bonds is 4. The van der Waals surface area contributed by atoms with Crippen molar-refractivity contribution < 1.29 is 18.0 Å². The SMILES string of the molecule is CCC(C)NC(=O)c1nn(-c2ccccc2C(F)(F)F)c(C)cc1=O. The van der Waals surface area contributed by atoms with Crippen LogP contribution in [0.3, 0.4) is 0 Å². The van der Waals surface area contributed by atoms with Crippen LogP contribution in [0.25, 0.3) is 5.69 Å². The van der Waals surface area contributed by atoms with E-state index in [2.05, 4.69) is 10.4 Å². The van der Waals surface area contributed by atoms with Gasteiger partial charge in [0.15, 0.2) is 5.69 Å². The van der Waals surface area contributed by atoms with Crippen molar-refractivity contribution in [2.75, 3.05) is 0 Å². The lowest BCUT2D eigenvalue weighted by Gasteiger charge is -2.17. The molecule has 2 aromatic rings. The molecule has 0 aliphatic heterocycles. The lowest BCUT2D eigenvalue weighted by Crippen LogP contribution is -2.37. The molecule has 5 nitrogen and oxygen atoms in total. The van der Waals surface area contributed by atoms with Gasteiger partial charge in [-0.1, -0.05) is 19.1 Å². The molecule has 0 spiro atoms. The lowest BCUT2D eigenvalue weighted by atomic mass is 10.1. The molecule has 2 rings (SSSR count). The number of nitrogens with zero attached hydrogens (tertiary/aromatic N) is 2. The Morgan fingerprint density at radius 2 is 1.96 bits per heavy atom. The molecular formula is C17H18F3N3O2. The standard InChI is InChI=1S/C17H18F3N3O2/c1-4-10(2)21-16(25)15-14(24)9-11(3)23(22-15)13-8-6-5-7-12(13)17(18,19)20/h5-10H,4H2,1-3H3,(H,21,25). The number of benzene rings is 1. The molecule has 1 atom stereocenters. The Balaban J connectivity index is 2.60. The van der Waals surface area contributed by atoms with Gasteiger partial charge in [-0.05, 0) is 32.4 Å². The zero-order valence-corrected chi connectivity index (χ0v) is 14.0. The fourth-order valence-corrected chi connectivity index (χ4v) is 2.24. The maximum absolute atomic E-state index is 13.2. The minimum Gasteiger partial charge on any atom is -0.348 e. The summed E-state index contributed by atoms with van der Waals surface area (Å²) in [6.45, 7) is 5.06. The number of hydrogen-bond acceptors (Lipinski definition) is 3. The van der Waals surface area contributed by atoms with Crippen molar-refractivity contribution in [2.24, 2.45) is 0 Å². The quantitative estimate of drug-likeness (QED) is 0.919. The summed E-state index contributed by atoms with van der Waals surface area (Å²) in [7, 11) is 0. The predicted molar refractivity (Wildman–Crippen MR) is 86.8 cm³/mol. The van der Waals surface area contributed by atoms with E-state index < -0.39 is 28.8 Å². The summed E-state index contributed by atoms with van der Waals surface area (Å²) in [6.07, 6.45) is -3.95. The van der Waals surface area contributed by atoms with Gasteiger partial charge in [0, 0.05) is 17.8 Å². The number of aryl methyl sites for hydroxylation is 1. The summed E-state index contributed by atoms with van der Waals surface area (Å²) < 4.78 is 40.7. The van der Waals surface area contributed by atoms with Gasteiger partial charge in [-0.2, -0.15) is 18.3 Å². The van der Waals surface area contributed by atoms with Gasteiger partial charge >= 0.3 is 6.18 Å². The van der Waals surface area contributed by atoms with Crippen LogP contribution in [-0.2, 0) is 6.18 Å². The minimum absolute atomic E-state index is 0.189. The first-order chi connectivity index (χ1) is 11.6. The highest BCUT2D eigenvalue weighted by Crippen LogP contribution is 2.33. The Bertz CT molecular complexity index is 844. The Kier molecular flexibility index (Phi) is 5.30. The first-order valence-electron chi connectivity index (χ1n) is 7.73. The number of amides is 1.